The van der Waals surface area contributed by atoms with Crippen LogP contribution in [0.3, 0.4) is 0 Å². The van der Waals surface area contributed by atoms with Crippen LogP contribution in [0.1, 0.15) is 6.42 Å². The van der Waals surface area contributed by atoms with Crippen LogP contribution in [-0.4, -0.2) is 20.6 Å². The topological polar surface area (TPSA) is 90.1 Å². The lowest BCUT2D eigenvalue weighted by Gasteiger charge is -2.10. The van der Waals surface area contributed by atoms with E-state index in [4.69, 9.17) is 0 Å². The fourth-order valence-electron chi connectivity index (χ4n) is 2.28. The highest BCUT2D eigenvalue weighted by atomic mass is 32.2. The highest BCUT2D eigenvalue weighted by molar-refractivity contribution is 7.99. The third-order valence-corrected chi connectivity index (χ3v) is 4.60. The molecule has 0 aliphatic heterocycles. The van der Waals surface area contributed by atoms with Crippen molar-refractivity contribution in [3.63, 3.8) is 0 Å². The number of rotatable bonds is 7. The van der Waals surface area contributed by atoms with Crippen LogP contribution in [0.4, 0.5) is 11.5 Å². The maximum absolute atomic E-state index is 12.2. The Kier molecular flexibility index (Phi) is 5.65. The number of carbonyl (C=O) groups excluding carboxylic acids is 1. The molecule has 7 nitrogen and oxygen atoms in total. The second-order valence-corrected chi connectivity index (χ2v) is 6.52. The molecule has 0 radical (unpaired) electrons. The first-order valence-electron chi connectivity index (χ1n) is 7.91. The predicted octanol–water partition coefficient (Wildman–Crippen LogP) is 3.97. The first-order valence-corrected chi connectivity index (χ1v) is 8.73. The third kappa shape index (κ3) is 4.70. The quantitative estimate of drug-likeness (QED) is 0.503. The van der Waals surface area contributed by atoms with Gasteiger partial charge in [-0.2, -0.15) is 4.68 Å². The standard InChI is InChI=1S/C18H16N4O3S/c23-18(11-13-21-12-10-17(20-21)22(24)25)19-15-8-4-5-9-16(15)26-14-6-2-1-3-7-14/h1-10,12H,11,13H2,(H,19,23). The fourth-order valence-corrected chi connectivity index (χ4v) is 3.20. The van der Waals surface area contributed by atoms with Gasteiger partial charge in [-0.3, -0.25) is 4.79 Å². The summed E-state index contributed by atoms with van der Waals surface area (Å²) >= 11 is 1.57. The van der Waals surface area contributed by atoms with E-state index in [2.05, 4.69) is 10.4 Å². The molecule has 1 heterocycles. The molecule has 26 heavy (non-hydrogen) atoms. The molecule has 0 bridgehead atoms. The third-order valence-electron chi connectivity index (χ3n) is 3.51. The Morgan fingerprint density at radius 3 is 2.58 bits per heavy atom. The number of aromatic nitrogens is 2. The van der Waals surface area contributed by atoms with Gasteiger partial charge in [0.25, 0.3) is 0 Å². The number of hydrogen-bond acceptors (Lipinski definition) is 5. The van der Waals surface area contributed by atoms with Crippen LogP contribution >= 0.6 is 11.8 Å². The molecule has 1 amide bonds. The first kappa shape index (κ1) is 17.7. The van der Waals surface area contributed by atoms with Gasteiger partial charge in [0, 0.05) is 16.2 Å². The molecule has 0 saturated heterocycles. The van der Waals surface area contributed by atoms with Crippen LogP contribution in [0.25, 0.3) is 0 Å². The minimum absolute atomic E-state index is 0.170. The maximum Gasteiger partial charge on any atom is 0.389 e. The maximum atomic E-state index is 12.2. The molecule has 0 aliphatic rings. The molecular weight excluding hydrogens is 352 g/mol. The molecule has 3 aromatic rings. The van der Waals surface area contributed by atoms with Gasteiger partial charge in [-0.05, 0) is 29.2 Å². The molecule has 8 heteroatoms. The van der Waals surface area contributed by atoms with Gasteiger partial charge in [-0.1, -0.05) is 42.1 Å². The Bertz CT molecular complexity index is 912. The monoisotopic (exact) mass is 368 g/mol. The summed E-state index contributed by atoms with van der Waals surface area (Å²) < 4.78 is 1.39. The largest absolute Gasteiger partial charge is 0.389 e. The van der Waals surface area contributed by atoms with Crippen LogP contribution in [0.2, 0.25) is 0 Å². The summed E-state index contributed by atoms with van der Waals surface area (Å²) in [5, 5.41) is 17.3. The van der Waals surface area contributed by atoms with Crippen LogP contribution in [0.15, 0.2) is 76.7 Å². The van der Waals surface area contributed by atoms with Crippen LogP contribution < -0.4 is 5.32 Å². The van der Waals surface area contributed by atoms with E-state index in [1.165, 1.54) is 16.9 Å². The Morgan fingerprint density at radius 1 is 1.12 bits per heavy atom. The molecule has 3 rings (SSSR count). The predicted molar refractivity (Wildman–Crippen MR) is 99.1 cm³/mol. The second-order valence-electron chi connectivity index (χ2n) is 5.40. The molecular formula is C18H16N4O3S. The van der Waals surface area contributed by atoms with Gasteiger partial charge in [-0.15, -0.1) is 0 Å². The molecule has 0 spiro atoms. The van der Waals surface area contributed by atoms with E-state index in [9.17, 15) is 14.9 Å². The molecule has 0 aliphatic carbocycles. The van der Waals surface area contributed by atoms with E-state index in [0.29, 0.717) is 0 Å². The Balaban J connectivity index is 1.61. The SMILES string of the molecule is O=C(CCn1ccc([N+](=O)[O-])n1)Nc1ccccc1Sc1ccccc1. The van der Waals surface area contributed by atoms with Gasteiger partial charge < -0.3 is 15.4 Å². The fraction of sp³-hybridized carbons (Fsp3) is 0.111. The van der Waals surface area contributed by atoms with E-state index < -0.39 is 4.92 Å². The van der Waals surface area contributed by atoms with Crippen molar-refractivity contribution in [3.05, 3.63) is 77.0 Å². The van der Waals surface area contributed by atoms with Gasteiger partial charge in [0.15, 0.2) is 0 Å². The minimum Gasteiger partial charge on any atom is -0.358 e. The molecule has 2 aromatic carbocycles. The second kappa shape index (κ2) is 8.30. The number of benzene rings is 2. The summed E-state index contributed by atoms with van der Waals surface area (Å²) in [6, 6.07) is 18.8. The molecule has 0 unspecified atom stereocenters. The van der Waals surface area contributed by atoms with Crippen molar-refractivity contribution < 1.29 is 9.72 Å². The molecule has 1 N–H and O–H groups in total. The first-order chi connectivity index (χ1) is 12.6. The lowest BCUT2D eigenvalue weighted by atomic mass is 10.3. The van der Waals surface area contributed by atoms with Crippen molar-refractivity contribution in [3.8, 4) is 0 Å². The van der Waals surface area contributed by atoms with Crippen LogP contribution in [0.5, 0.6) is 0 Å². The van der Waals surface area contributed by atoms with Crippen LogP contribution in [-0.2, 0) is 11.3 Å². The van der Waals surface area contributed by atoms with E-state index >= 15 is 0 Å². The zero-order chi connectivity index (χ0) is 18.4. The van der Waals surface area contributed by atoms with E-state index in [0.717, 1.165) is 15.5 Å². The number of carbonyl (C=O) groups is 1. The van der Waals surface area contributed by atoms with Gasteiger partial charge in [-0.25, -0.2) is 0 Å². The van der Waals surface area contributed by atoms with Crippen LogP contribution in [0, 0.1) is 10.1 Å². The number of amides is 1. The van der Waals surface area contributed by atoms with Gasteiger partial charge in [0.05, 0.1) is 29.6 Å². The summed E-state index contributed by atoms with van der Waals surface area (Å²) in [7, 11) is 0. The molecule has 0 saturated carbocycles. The summed E-state index contributed by atoms with van der Waals surface area (Å²) in [6.07, 6.45) is 1.66. The lowest BCUT2D eigenvalue weighted by molar-refractivity contribution is -0.389. The molecule has 1 aromatic heterocycles. The molecule has 132 valence electrons. The van der Waals surface area contributed by atoms with E-state index in [1.807, 2.05) is 54.6 Å². The highest BCUT2D eigenvalue weighted by Gasteiger charge is 2.13. The Morgan fingerprint density at radius 2 is 1.85 bits per heavy atom. The van der Waals surface area contributed by atoms with E-state index in [1.54, 1.807) is 11.8 Å². The summed E-state index contributed by atoms with van der Waals surface area (Å²) in [5.74, 6) is -0.403. The Labute approximate surface area is 154 Å². The number of nitrogens with zero attached hydrogens (tertiary/aromatic N) is 3. The summed E-state index contributed by atoms with van der Waals surface area (Å²) in [4.78, 5) is 24.3. The van der Waals surface area contributed by atoms with Gasteiger partial charge in [0.2, 0.25) is 5.91 Å². The lowest BCUT2D eigenvalue weighted by Crippen LogP contribution is -2.15. The number of hydrogen-bond donors (Lipinski definition) is 1. The van der Waals surface area contributed by atoms with Crippen molar-refractivity contribution in [2.24, 2.45) is 0 Å². The highest BCUT2D eigenvalue weighted by Crippen LogP contribution is 2.33. The zero-order valence-electron chi connectivity index (χ0n) is 13.7. The number of anilines is 1. The number of nitrogens with one attached hydrogen (secondary N) is 1. The molecule has 0 fully saturated rings. The van der Waals surface area contributed by atoms with Gasteiger partial charge in [0.1, 0.15) is 0 Å². The van der Waals surface area contributed by atoms with Crippen molar-refractivity contribution in [1.29, 1.82) is 0 Å². The minimum atomic E-state index is -0.562. The van der Waals surface area contributed by atoms with Crippen molar-refractivity contribution in [2.75, 3.05) is 5.32 Å². The number of aryl methyl sites for hydroxylation is 1. The van der Waals surface area contributed by atoms with Gasteiger partial charge >= 0.3 is 5.82 Å². The van der Waals surface area contributed by atoms with Crippen molar-refractivity contribution in [2.45, 2.75) is 22.8 Å². The Hall–Kier alpha value is -3.13. The van der Waals surface area contributed by atoms with E-state index in [-0.39, 0.29) is 24.7 Å². The average molecular weight is 368 g/mol. The van der Waals surface area contributed by atoms with Crippen molar-refractivity contribution in [1.82, 2.24) is 9.78 Å². The smallest absolute Gasteiger partial charge is 0.358 e. The normalized spacial score (nSPS) is 10.5. The average Bonchev–Trinajstić information content (AvgIpc) is 3.12. The molecule has 0 atom stereocenters. The van der Waals surface area contributed by atoms with Crippen molar-refractivity contribution >= 4 is 29.2 Å². The number of nitro groups is 1. The summed E-state index contributed by atoms with van der Waals surface area (Å²) in [5.41, 5.74) is 0.734. The zero-order valence-corrected chi connectivity index (χ0v) is 14.6. The number of para-hydroxylation sites is 1. The summed E-state index contributed by atoms with van der Waals surface area (Å²) in [6.45, 7) is 0.271.